The normalized spacial score (nSPS) is 10.8. The molecule has 0 aliphatic carbocycles. The van der Waals surface area contributed by atoms with Crippen molar-refractivity contribution >= 4 is 47.0 Å². The quantitative estimate of drug-likeness (QED) is 0.352. The number of carbonyl (C=O) groups excluding carboxylic acids is 3. The zero-order chi connectivity index (χ0) is 24.3. The molecule has 0 heterocycles. The van der Waals surface area contributed by atoms with Gasteiger partial charge in [0, 0.05) is 16.7 Å². The Morgan fingerprint density at radius 3 is 2.18 bits per heavy atom. The van der Waals surface area contributed by atoms with Crippen LogP contribution in [0.4, 0.5) is 16.2 Å². The van der Waals surface area contributed by atoms with Crippen molar-refractivity contribution in [2.45, 2.75) is 23.1 Å². The third-order valence-corrected chi connectivity index (χ3v) is 5.37. The molecule has 0 radical (unpaired) electrons. The van der Waals surface area contributed by atoms with E-state index in [0.717, 1.165) is 15.4 Å². The fraction of sp³-hybridized carbons (Fsp3) is 0.120. The van der Waals surface area contributed by atoms with E-state index in [2.05, 4.69) is 25.7 Å². The summed E-state index contributed by atoms with van der Waals surface area (Å²) in [6.07, 6.45) is -0.744. The topological polar surface area (TPSA) is 109 Å². The molecule has 0 aliphatic rings. The van der Waals surface area contributed by atoms with E-state index in [-0.39, 0.29) is 18.3 Å². The van der Waals surface area contributed by atoms with Crippen LogP contribution in [-0.4, -0.2) is 31.0 Å². The molecule has 0 aliphatic heterocycles. The standard InChI is InChI=1S/C25H24N4O4S/c1-17(30)26-21-14-13-20(34-19-11-7-4-8-12-19)16-22(21)27-24(29-25(32)33-2)28-23(31)15-18-9-5-3-6-10-18/h3-14,16H,15H2,1-2H3,(H,26,30)(H2,27,28,29,31,32). The van der Waals surface area contributed by atoms with Crippen molar-refractivity contribution < 1.29 is 19.1 Å². The summed E-state index contributed by atoms with van der Waals surface area (Å²) in [6, 6.07) is 24.3. The van der Waals surface area contributed by atoms with Gasteiger partial charge in [0.25, 0.3) is 5.91 Å². The van der Waals surface area contributed by atoms with Gasteiger partial charge >= 0.3 is 6.09 Å². The van der Waals surface area contributed by atoms with Crippen molar-refractivity contribution in [2.24, 2.45) is 4.99 Å². The van der Waals surface area contributed by atoms with Crippen LogP contribution in [-0.2, 0) is 20.7 Å². The van der Waals surface area contributed by atoms with E-state index in [9.17, 15) is 14.4 Å². The lowest BCUT2D eigenvalue weighted by atomic mass is 10.1. The van der Waals surface area contributed by atoms with E-state index in [1.807, 2.05) is 66.7 Å². The van der Waals surface area contributed by atoms with Crippen LogP contribution in [0.3, 0.4) is 0 Å². The van der Waals surface area contributed by atoms with Gasteiger partial charge in [-0.15, -0.1) is 0 Å². The number of carbonyl (C=O) groups is 3. The second-order valence-corrected chi connectivity index (χ2v) is 8.21. The number of ether oxygens (including phenoxy) is 1. The van der Waals surface area contributed by atoms with Crippen molar-refractivity contribution in [1.82, 2.24) is 5.32 Å². The SMILES string of the molecule is COC(=O)N/C(=N/C(=O)Cc1ccccc1)Nc1cc(Sc2ccccc2)ccc1NC(C)=O. The van der Waals surface area contributed by atoms with Crippen molar-refractivity contribution in [2.75, 3.05) is 17.7 Å². The molecule has 0 unspecified atom stereocenters. The number of guanidine groups is 1. The van der Waals surface area contributed by atoms with Gasteiger partial charge in [-0.25, -0.2) is 4.79 Å². The lowest BCUT2D eigenvalue weighted by Crippen LogP contribution is -2.37. The van der Waals surface area contributed by atoms with Gasteiger partial charge in [-0.05, 0) is 35.9 Å². The average Bonchev–Trinajstić information content (AvgIpc) is 2.81. The van der Waals surface area contributed by atoms with Crippen LogP contribution in [0, 0.1) is 0 Å². The molecule has 34 heavy (non-hydrogen) atoms. The summed E-state index contributed by atoms with van der Waals surface area (Å²) >= 11 is 1.52. The monoisotopic (exact) mass is 476 g/mol. The molecule has 0 spiro atoms. The van der Waals surface area contributed by atoms with Crippen LogP contribution in [0.5, 0.6) is 0 Å². The third-order valence-electron chi connectivity index (χ3n) is 4.37. The highest BCUT2D eigenvalue weighted by atomic mass is 32.2. The highest BCUT2D eigenvalue weighted by molar-refractivity contribution is 7.99. The number of methoxy groups -OCH3 is 1. The first-order valence-electron chi connectivity index (χ1n) is 10.3. The minimum absolute atomic E-state index is 0.0529. The number of aliphatic imine (C=N–C) groups is 1. The molecule has 0 saturated heterocycles. The van der Waals surface area contributed by atoms with E-state index < -0.39 is 12.0 Å². The summed E-state index contributed by atoms with van der Waals surface area (Å²) < 4.78 is 4.66. The first-order valence-corrected chi connectivity index (χ1v) is 11.2. The van der Waals surface area contributed by atoms with Crippen LogP contribution in [0.1, 0.15) is 12.5 Å². The summed E-state index contributed by atoms with van der Waals surface area (Å²) in [5.74, 6) is -0.867. The Bertz CT molecular complexity index is 1180. The summed E-state index contributed by atoms with van der Waals surface area (Å²) in [5, 5.41) is 8.10. The predicted octanol–water partition coefficient (Wildman–Crippen LogP) is 4.69. The Balaban J connectivity index is 1.90. The second-order valence-electron chi connectivity index (χ2n) is 7.06. The largest absolute Gasteiger partial charge is 0.453 e. The molecule has 0 saturated carbocycles. The highest BCUT2D eigenvalue weighted by Crippen LogP contribution is 2.33. The maximum Gasteiger partial charge on any atom is 0.413 e. The number of nitrogens with one attached hydrogen (secondary N) is 3. The number of benzene rings is 3. The molecule has 3 amide bonds. The Kier molecular flexibility index (Phi) is 8.81. The molecule has 3 aromatic rings. The fourth-order valence-electron chi connectivity index (χ4n) is 2.91. The number of hydrogen-bond donors (Lipinski definition) is 3. The van der Waals surface area contributed by atoms with Crippen LogP contribution >= 0.6 is 11.8 Å². The first-order chi connectivity index (χ1) is 16.4. The molecule has 0 bridgehead atoms. The maximum absolute atomic E-state index is 12.6. The molecule has 8 nitrogen and oxygen atoms in total. The lowest BCUT2D eigenvalue weighted by Gasteiger charge is -2.16. The number of alkyl carbamates (subject to hydrolysis) is 1. The van der Waals surface area contributed by atoms with Crippen molar-refractivity contribution in [3.8, 4) is 0 Å². The van der Waals surface area contributed by atoms with E-state index in [4.69, 9.17) is 0 Å². The van der Waals surface area contributed by atoms with Crippen LogP contribution in [0.2, 0.25) is 0 Å². The molecule has 3 N–H and O–H groups in total. The van der Waals surface area contributed by atoms with E-state index in [1.54, 1.807) is 12.1 Å². The van der Waals surface area contributed by atoms with Crippen molar-refractivity contribution in [3.05, 3.63) is 84.4 Å². The molecule has 3 aromatic carbocycles. The van der Waals surface area contributed by atoms with E-state index >= 15 is 0 Å². The van der Waals surface area contributed by atoms with Crippen LogP contribution in [0.25, 0.3) is 0 Å². The molecule has 0 fully saturated rings. The summed E-state index contributed by atoms with van der Waals surface area (Å²) in [5.41, 5.74) is 1.69. The lowest BCUT2D eigenvalue weighted by molar-refractivity contribution is -0.117. The predicted molar refractivity (Wildman–Crippen MR) is 133 cm³/mol. The van der Waals surface area contributed by atoms with Gasteiger partial charge in [0.15, 0.2) is 0 Å². The first kappa shape index (κ1) is 24.5. The minimum Gasteiger partial charge on any atom is -0.453 e. The number of amides is 3. The Morgan fingerprint density at radius 2 is 1.53 bits per heavy atom. The zero-order valence-electron chi connectivity index (χ0n) is 18.7. The number of nitrogens with zero attached hydrogens (tertiary/aromatic N) is 1. The molecule has 3 rings (SSSR count). The summed E-state index contributed by atoms with van der Waals surface area (Å²) in [4.78, 5) is 42.1. The number of hydrogen-bond acceptors (Lipinski definition) is 5. The third kappa shape index (κ3) is 7.79. The van der Waals surface area contributed by atoms with Gasteiger partial charge in [-0.1, -0.05) is 60.3 Å². The molecular weight excluding hydrogens is 452 g/mol. The Morgan fingerprint density at radius 1 is 0.853 bits per heavy atom. The zero-order valence-corrected chi connectivity index (χ0v) is 19.5. The maximum atomic E-state index is 12.6. The van der Waals surface area contributed by atoms with Gasteiger partial charge in [0.1, 0.15) is 0 Å². The number of anilines is 2. The van der Waals surface area contributed by atoms with Gasteiger partial charge in [0.05, 0.1) is 24.9 Å². The van der Waals surface area contributed by atoms with Gasteiger partial charge < -0.3 is 15.4 Å². The Hall–Kier alpha value is -4.11. The molecule has 0 aromatic heterocycles. The second kappa shape index (κ2) is 12.2. The van der Waals surface area contributed by atoms with Gasteiger partial charge in [-0.2, -0.15) is 4.99 Å². The van der Waals surface area contributed by atoms with E-state index in [1.165, 1.54) is 25.8 Å². The van der Waals surface area contributed by atoms with Crippen molar-refractivity contribution in [3.63, 3.8) is 0 Å². The average molecular weight is 477 g/mol. The van der Waals surface area contributed by atoms with Crippen LogP contribution in [0.15, 0.2) is 93.6 Å². The molecule has 9 heteroatoms. The molecule has 174 valence electrons. The summed E-state index contributed by atoms with van der Waals surface area (Å²) in [6.45, 7) is 1.39. The fourth-order valence-corrected chi connectivity index (χ4v) is 3.79. The smallest absolute Gasteiger partial charge is 0.413 e. The summed E-state index contributed by atoms with van der Waals surface area (Å²) in [7, 11) is 1.21. The van der Waals surface area contributed by atoms with E-state index in [0.29, 0.717) is 11.4 Å². The van der Waals surface area contributed by atoms with Gasteiger partial charge in [-0.3, -0.25) is 14.9 Å². The van der Waals surface area contributed by atoms with Crippen molar-refractivity contribution in [1.29, 1.82) is 0 Å². The highest BCUT2D eigenvalue weighted by Gasteiger charge is 2.14. The minimum atomic E-state index is -0.797. The molecule has 0 atom stereocenters. The Labute approximate surface area is 201 Å². The van der Waals surface area contributed by atoms with Gasteiger partial charge in [0.2, 0.25) is 11.9 Å². The van der Waals surface area contributed by atoms with Crippen LogP contribution < -0.4 is 16.0 Å². The number of rotatable bonds is 6. The molecular formula is C25H24N4O4S.